The van der Waals surface area contributed by atoms with Crippen LogP contribution in [0.3, 0.4) is 0 Å². The highest BCUT2D eigenvalue weighted by molar-refractivity contribution is 7.18. The summed E-state index contributed by atoms with van der Waals surface area (Å²) in [5.41, 5.74) is 0. The molecule has 1 amide bonds. The van der Waals surface area contributed by atoms with Crippen LogP contribution in [0.1, 0.15) is 20.3 Å². The number of nitrogens with zero attached hydrogens (tertiary/aromatic N) is 2. The lowest BCUT2D eigenvalue weighted by molar-refractivity contribution is -0.380. The molecule has 0 aliphatic carbocycles. The summed E-state index contributed by atoms with van der Waals surface area (Å²) >= 11 is 0.854. The first-order valence-corrected chi connectivity index (χ1v) is 5.20. The highest BCUT2D eigenvalue weighted by Gasteiger charge is 2.13. The molecule has 0 saturated carbocycles. The van der Waals surface area contributed by atoms with E-state index in [0.29, 0.717) is 6.42 Å². The molecule has 15 heavy (non-hydrogen) atoms. The van der Waals surface area contributed by atoms with Crippen molar-refractivity contribution >= 4 is 27.4 Å². The molecule has 82 valence electrons. The van der Waals surface area contributed by atoms with Gasteiger partial charge in [-0.15, -0.1) is 0 Å². The minimum Gasteiger partial charge on any atom is -0.302 e. The van der Waals surface area contributed by atoms with E-state index >= 15 is 0 Å². The first kappa shape index (κ1) is 11.6. The van der Waals surface area contributed by atoms with E-state index < -0.39 is 4.92 Å². The second-order valence-electron chi connectivity index (χ2n) is 3.41. The summed E-state index contributed by atoms with van der Waals surface area (Å²) in [7, 11) is 0. The third-order valence-corrected chi connectivity index (χ3v) is 2.38. The van der Waals surface area contributed by atoms with Gasteiger partial charge in [-0.05, 0) is 17.3 Å². The van der Waals surface area contributed by atoms with E-state index in [1.165, 1.54) is 0 Å². The molecule has 1 rings (SSSR count). The molecule has 0 atom stereocenters. The number of nitrogens with one attached hydrogen (secondary N) is 1. The van der Waals surface area contributed by atoms with Crippen molar-refractivity contribution in [2.75, 3.05) is 5.32 Å². The van der Waals surface area contributed by atoms with E-state index in [1.807, 2.05) is 13.8 Å². The fourth-order valence-electron chi connectivity index (χ4n) is 0.949. The van der Waals surface area contributed by atoms with Gasteiger partial charge in [-0.1, -0.05) is 13.8 Å². The van der Waals surface area contributed by atoms with Crippen molar-refractivity contribution in [3.63, 3.8) is 0 Å². The first-order valence-electron chi connectivity index (χ1n) is 4.39. The first-order chi connectivity index (χ1) is 6.99. The average molecular weight is 229 g/mol. The number of aromatic nitrogens is 1. The maximum absolute atomic E-state index is 11.3. The third-order valence-electron chi connectivity index (χ3n) is 1.51. The zero-order chi connectivity index (χ0) is 11.4. The summed E-state index contributed by atoms with van der Waals surface area (Å²) < 4.78 is 0. The van der Waals surface area contributed by atoms with Crippen LogP contribution in [0.15, 0.2) is 6.20 Å². The van der Waals surface area contributed by atoms with Gasteiger partial charge in [-0.2, -0.15) is 0 Å². The Hall–Kier alpha value is -1.50. The van der Waals surface area contributed by atoms with E-state index in [4.69, 9.17) is 0 Å². The second kappa shape index (κ2) is 4.83. The maximum Gasteiger partial charge on any atom is 0.345 e. The lowest BCUT2D eigenvalue weighted by Gasteiger charge is -2.02. The molecule has 0 aliphatic heterocycles. The van der Waals surface area contributed by atoms with Crippen molar-refractivity contribution in [3.05, 3.63) is 16.3 Å². The Labute approximate surface area is 90.5 Å². The topological polar surface area (TPSA) is 85.1 Å². The SMILES string of the molecule is CC(C)CC(=O)Nc1ncc([N+](=O)[O-])s1. The van der Waals surface area contributed by atoms with Crippen LogP contribution in [0, 0.1) is 16.0 Å². The molecule has 0 saturated heterocycles. The van der Waals surface area contributed by atoms with Gasteiger partial charge in [0.1, 0.15) is 6.20 Å². The molecule has 0 aliphatic rings. The standard InChI is InChI=1S/C8H11N3O3S/c1-5(2)3-6(12)10-8-9-4-7(15-8)11(13)14/h4-5H,3H2,1-2H3,(H,9,10,12). The van der Waals surface area contributed by atoms with Gasteiger partial charge in [0.25, 0.3) is 0 Å². The summed E-state index contributed by atoms with van der Waals surface area (Å²) in [6.45, 7) is 3.84. The van der Waals surface area contributed by atoms with Crippen molar-refractivity contribution < 1.29 is 9.72 Å². The number of amides is 1. The lowest BCUT2D eigenvalue weighted by Crippen LogP contribution is -2.13. The van der Waals surface area contributed by atoms with Gasteiger partial charge in [0, 0.05) is 6.42 Å². The van der Waals surface area contributed by atoms with Gasteiger partial charge < -0.3 is 5.32 Å². The molecule has 0 unspecified atom stereocenters. The maximum atomic E-state index is 11.3. The van der Waals surface area contributed by atoms with Crippen LogP contribution in [0.25, 0.3) is 0 Å². The highest BCUT2D eigenvalue weighted by atomic mass is 32.1. The molecule has 0 fully saturated rings. The lowest BCUT2D eigenvalue weighted by atomic mass is 10.1. The molecule has 0 aromatic carbocycles. The van der Waals surface area contributed by atoms with Crippen LogP contribution >= 0.6 is 11.3 Å². The molecule has 1 heterocycles. The number of nitro groups is 1. The molecule has 0 bridgehead atoms. The van der Waals surface area contributed by atoms with Gasteiger partial charge in [0.05, 0.1) is 4.92 Å². The molecular weight excluding hydrogens is 218 g/mol. The predicted molar refractivity (Wildman–Crippen MR) is 56.9 cm³/mol. The number of hydrogen-bond acceptors (Lipinski definition) is 5. The minimum absolute atomic E-state index is 0.0742. The van der Waals surface area contributed by atoms with Crippen LogP contribution < -0.4 is 5.32 Å². The number of carbonyl (C=O) groups excluding carboxylic acids is 1. The van der Waals surface area contributed by atoms with E-state index in [9.17, 15) is 14.9 Å². The molecule has 7 heteroatoms. The molecular formula is C8H11N3O3S. The predicted octanol–water partition coefficient (Wildman–Crippen LogP) is 2.04. The number of rotatable bonds is 4. The Morgan fingerprint density at radius 2 is 2.40 bits per heavy atom. The molecule has 0 radical (unpaired) electrons. The fraction of sp³-hybridized carbons (Fsp3) is 0.500. The van der Waals surface area contributed by atoms with Gasteiger partial charge in [0.15, 0.2) is 5.13 Å². The van der Waals surface area contributed by atoms with Gasteiger partial charge >= 0.3 is 5.00 Å². The Balaban J connectivity index is 2.57. The van der Waals surface area contributed by atoms with Gasteiger partial charge in [0.2, 0.25) is 5.91 Å². The number of thiazole rings is 1. The van der Waals surface area contributed by atoms with Crippen LogP contribution in [-0.2, 0) is 4.79 Å². The van der Waals surface area contributed by atoms with Gasteiger partial charge in [-0.3, -0.25) is 14.9 Å². The molecule has 6 nitrogen and oxygen atoms in total. The number of carbonyl (C=O) groups is 1. The Bertz CT molecular complexity index is 375. The van der Waals surface area contributed by atoms with Crippen molar-refractivity contribution in [2.45, 2.75) is 20.3 Å². The van der Waals surface area contributed by atoms with Crippen LogP contribution in [0.5, 0.6) is 0 Å². The van der Waals surface area contributed by atoms with E-state index in [-0.39, 0.29) is 22.0 Å². The van der Waals surface area contributed by atoms with Crippen molar-refractivity contribution in [1.82, 2.24) is 4.98 Å². The third kappa shape index (κ3) is 3.62. The summed E-state index contributed by atoms with van der Waals surface area (Å²) in [4.78, 5) is 24.8. The molecule has 0 spiro atoms. The van der Waals surface area contributed by atoms with Crippen LogP contribution in [0.2, 0.25) is 0 Å². The Morgan fingerprint density at radius 3 is 2.87 bits per heavy atom. The van der Waals surface area contributed by atoms with Crippen LogP contribution in [0.4, 0.5) is 10.1 Å². The average Bonchev–Trinajstić information content (AvgIpc) is 2.50. The largest absolute Gasteiger partial charge is 0.345 e. The van der Waals surface area contributed by atoms with Crippen molar-refractivity contribution in [1.29, 1.82) is 0 Å². The summed E-state index contributed by atoms with van der Waals surface area (Å²) in [6.07, 6.45) is 1.52. The Kier molecular flexibility index (Phi) is 3.73. The summed E-state index contributed by atoms with van der Waals surface area (Å²) in [5.74, 6) is 0.0780. The smallest absolute Gasteiger partial charge is 0.302 e. The van der Waals surface area contributed by atoms with Crippen molar-refractivity contribution in [3.8, 4) is 0 Å². The van der Waals surface area contributed by atoms with Crippen molar-refractivity contribution in [2.24, 2.45) is 5.92 Å². The molecule has 1 N–H and O–H groups in total. The number of hydrogen-bond donors (Lipinski definition) is 1. The quantitative estimate of drug-likeness (QED) is 0.632. The number of anilines is 1. The van der Waals surface area contributed by atoms with Crippen LogP contribution in [-0.4, -0.2) is 15.8 Å². The van der Waals surface area contributed by atoms with Gasteiger partial charge in [-0.25, -0.2) is 4.98 Å². The Morgan fingerprint density at radius 1 is 1.73 bits per heavy atom. The fourth-order valence-corrected chi connectivity index (χ4v) is 1.60. The normalized spacial score (nSPS) is 10.3. The minimum atomic E-state index is -0.532. The molecule has 1 aromatic rings. The summed E-state index contributed by atoms with van der Waals surface area (Å²) in [5, 5.41) is 13.1. The van der Waals surface area contributed by atoms with E-state index in [0.717, 1.165) is 17.5 Å². The summed E-state index contributed by atoms with van der Waals surface area (Å²) in [6, 6.07) is 0. The zero-order valence-electron chi connectivity index (χ0n) is 8.39. The van der Waals surface area contributed by atoms with E-state index in [1.54, 1.807) is 0 Å². The molecule has 1 aromatic heterocycles. The van der Waals surface area contributed by atoms with E-state index in [2.05, 4.69) is 10.3 Å². The highest BCUT2D eigenvalue weighted by Crippen LogP contribution is 2.25. The zero-order valence-corrected chi connectivity index (χ0v) is 9.21. The monoisotopic (exact) mass is 229 g/mol. The second-order valence-corrected chi connectivity index (χ2v) is 4.42.